The zero-order valence-corrected chi connectivity index (χ0v) is 7.86. The van der Waals surface area contributed by atoms with E-state index in [1.54, 1.807) is 6.20 Å². The zero-order chi connectivity index (χ0) is 9.97. The van der Waals surface area contributed by atoms with Gasteiger partial charge in [0.15, 0.2) is 0 Å². The minimum Gasteiger partial charge on any atom is -0.405 e. The number of ether oxygens (including phenoxy) is 1. The average molecular weight is 193 g/mol. The lowest BCUT2D eigenvalue weighted by atomic mass is 10.5. The van der Waals surface area contributed by atoms with Gasteiger partial charge in [-0.15, -0.1) is 0 Å². The molecule has 0 spiro atoms. The maximum absolute atomic E-state index is 10.8. The number of anilines is 1. The van der Waals surface area contributed by atoms with Gasteiger partial charge in [0.1, 0.15) is 12.0 Å². The van der Waals surface area contributed by atoms with E-state index in [0.717, 1.165) is 12.8 Å². The monoisotopic (exact) mass is 193 g/mol. The maximum Gasteiger partial charge on any atom is 0.309 e. The predicted octanol–water partition coefficient (Wildman–Crippen LogP) is 0.976. The Bertz CT molecular complexity index is 350. The molecule has 0 radical (unpaired) electrons. The van der Waals surface area contributed by atoms with Crippen LogP contribution in [0.3, 0.4) is 0 Å². The molecular formula is C9H11N3O2. The second-order valence-electron chi connectivity index (χ2n) is 3.25. The van der Waals surface area contributed by atoms with Crippen LogP contribution in [0.2, 0.25) is 0 Å². The molecule has 0 aromatic carbocycles. The van der Waals surface area contributed by atoms with Crippen molar-refractivity contribution in [2.75, 3.05) is 5.32 Å². The van der Waals surface area contributed by atoms with Gasteiger partial charge in [-0.3, -0.25) is 4.79 Å². The summed E-state index contributed by atoms with van der Waals surface area (Å²) in [7, 11) is 0. The summed E-state index contributed by atoms with van der Waals surface area (Å²) in [4.78, 5) is 18.5. The van der Waals surface area contributed by atoms with E-state index in [2.05, 4.69) is 15.3 Å². The Hall–Kier alpha value is -1.65. The SMILES string of the molecule is CC(=O)Oc1ncncc1NC1CC1. The smallest absolute Gasteiger partial charge is 0.309 e. The molecule has 5 heteroatoms. The summed E-state index contributed by atoms with van der Waals surface area (Å²) < 4.78 is 4.92. The van der Waals surface area contributed by atoms with E-state index in [0.29, 0.717) is 17.6 Å². The van der Waals surface area contributed by atoms with Crippen molar-refractivity contribution in [1.29, 1.82) is 0 Å². The number of aromatic nitrogens is 2. The van der Waals surface area contributed by atoms with Crippen LogP contribution in [0.25, 0.3) is 0 Å². The molecule has 1 aliphatic rings. The van der Waals surface area contributed by atoms with Crippen LogP contribution in [0.1, 0.15) is 19.8 Å². The standard InChI is InChI=1S/C9H11N3O2/c1-6(13)14-9-8(4-10-5-11-9)12-7-2-3-7/h4-5,7,12H,2-3H2,1H3. The molecule has 1 aromatic rings. The van der Waals surface area contributed by atoms with Gasteiger partial charge in [0.05, 0.1) is 6.20 Å². The van der Waals surface area contributed by atoms with Gasteiger partial charge in [0.2, 0.25) is 5.88 Å². The number of rotatable bonds is 3. The third kappa shape index (κ3) is 2.18. The molecule has 0 saturated heterocycles. The Morgan fingerprint density at radius 1 is 1.64 bits per heavy atom. The van der Waals surface area contributed by atoms with Crippen LogP contribution in [0, 0.1) is 0 Å². The van der Waals surface area contributed by atoms with E-state index in [1.165, 1.54) is 13.3 Å². The summed E-state index contributed by atoms with van der Waals surface area (Å²) in [5, 5.41) is 3.19. The molecule has 0 atom stereocenters. The quantitative estimate of drug-likeness (QED) is 0.725. The van der Waals surface area contributed by atoms with Crippen molar-refractivity contribution in [3.8, 4) is 5.88 Å². The van der Waals surface area contributed by atoms with Gasteiger partial charge in [-0.25, -0.2) is 4.98 Å². The fourth-order valence-corrected chi connectivity index (χ4v) is 1.08. The lowest BCUT2D eigenvalue weighted by Gasteiger charge is -2.07. The van der Waals surface area contributed by atoms with Gasteiger partial charge in [-0.2, -0.15) is 4.98 Å². The van der Waals surface area contributed by atoms with Crippen LogP contribution in [0.4, 0.5) is 5.69 Å². The molecular weight excluding hydrogens is 182 g/mol. The number of hydrogen-bond acceptors (Lipinski definition) is 5. The number of esters is 1. The predicted molar refractivity (Wildman–Crippen MR) is 50.0 cm³/mol. The molecule has 0 unspecified atom stereocenters. The van der Waals surface area contributed by atoms with E-state index in [1.807, 2.05) is 0 Å². The summed E-state index contributed by atoms with van der Waals surface area (Å²) in [6, 6.07) is 0.482. The summed E-state index contributed by atoms with van der Waals surface area (Å²) in [6.45, 7) is 1.35. The third-order valence-corrected chi connectivity index (χ3v) is 1.85. The summed E-state index contributed by atoms with van der Waals surface area (Å²) in [6.07, 6.45) is 5.27. The van der Waals surface area contributed by atoms with Crippen LogP contribution < -0.4 is 10.1 Å². The van der Waals surface area contributed by atoms with Crippen molar-refractivity contribution in [1.82, 2.24) is 9.97 Å². The molecule has 1 fully saturated rings. The van der Waals surface area contributed by atoms with Gasteiger partial charge in [0, 0.05) is 13.0 Å². The highest BCUT2D eigenvalue weighted by Gasteiger charge is 2.22. The van der Waals surface area contributed by atoms with Gasteiger partial charge < -0.3 is 10.1 Å². The number of carbonyl (C=O) groups is 1. The van der Waals surface area contributed by atoms with Crippen molar-refractivity contribution in [3.63, 3.8) is 0 Å². The largest absolute Gasteiger partial charge is 0.405 e. The summed E-state index contributed by atoms with van der Waals surface area (Å²) in [5.41, 5.74) is 0.685. The number of nitrogens with one attached hydrogen (secondary N) is 1. The first-order valence-electron chi connectivity index (χ1n) is 4.50. The van der Waals surface area contributed by atoms with Crippen molar-refractivity contribution in [3.05, 3.63) is 12.5 Å². The lowest BCUT2D eigenvalue weighted by Crippen LogP contribution is -2.09. The third-order valence-electron chi connectivity index (χ3n) is 1.85. The summed E-state index contributed by atoms with van der Waals surface area (Å²) in [5.74, 6) is -0.0676. The zero-order valence-electron chi connectivity index (χ0n) is 7.86. The van der Waals surface area contributed by atoms with Crippen molar-refractivity contribution < 1.29 is 9.53 Å². The Morgan fingerprint density at radius 2 is 2.43 bits per heavy atom. The van der Waals surface area contributed by atoms with E-state index in [-0.39, 0.29) is 5.97 Å². The molecule has 74 valence electrons. The number of hydrogen-bond donors (Lipinski definition) is 1. The highest BCUT2D eigenvalue weighted by atomic mass is 16.5. The average Bonchev–Trinajstić information content (AvgIpc) is 2.91. The van der Waals surface area contributed by atoms with E-state index in [4.69, 9.17) is 4.74 Å². The van der Waals surface area contributed by atoms with Crippen LogP contribution in [0.5, 0.6) is 5.88 Å². The fourth-order valence-electron chi connectivity index (χ4n) is 1.08. The number of carbonyl (C=O) groups excluding carboxylic acids is 1. The molecule has 1 aliphatic carbocycles. The molecule has 1 saturated carbocycles. The molecule has 1 heterocycles. The van der Waals surface area contributed by atoms with Gasteiger partial charge in [-0.1, -0.05) is 0 Å². The molecule has 2 rings (SSSR count). The van der Waals surface area contributed by atoms with Crippen LogP contribution >= 0.6 is 0 Å². The summed E-state index contributed by atoms with van der Waals surface area (Å²) >= 11 is 0. The van der Waals surface area contributed by atoms with Crippen LogP contribution in [-0.4, -0.2) is 22.0 Å². The highest BCUT2D eigenvalue weighted by molar-refractivity contribution is 5.71. The van der Waals surface area contributed by atoms with Crippen LogP contribution in [0.15, 0.2) is 12.5 Å². The molecule has 0 aliphatic heterocycles. The molecule has 14 heavy (non-hydrogen) atoms. The lowest BCUT2D eigenvalue weighted by molar-refractivity contribution is -0.132. The molecule has 5 nitrogen and oxygen atoms in total. The molecule has 1 N–H and O–H groups in total. The van der Waals surface area contributed by atoms with E-state index < -0.39 is 0 Å². The molecule has 0 amide bonds. The van der Waals surface area contributed by atoms with Crippen LogP contribution in [-0.2, 0) is 4.79 Å². The molecule has 0 bridgehead atoms. The Labute approximate surface area is 81.5 Å². The van der Waals surface area contributed by atoms with Crippen molar-refractivity contribution in [2.24, 2.45) is 0 Å². The first-order chi connectivity index (χ1) is 6.75. The fraction of sp³-hybridized carbons (Fsp3) is 0.444. The minimum atomic E-state index is -0.373. The van der Waals surface area contributed by atoms with Crippen molar-refractivity contribution >= 4 is 11.7 Å². The topological polar surface area (TPSA) is 64.1 Å². The van der Waals surface area contributed by atoms with E-state index in [9.17, 15) is 4.79 Å². The number of nitrogens with zero attached hydrogens (tertiary/aromatic N) is 2. The Kier molecular flexibility index (Phi) is 2.30. The first kappa shape index (κ1) is 8.93. The minimum absolute atomic E-state index is 0.305. The normalized spacial score (nSPS) is 14.9. The van der Waals surface area contributed by atoms with Gasteiger partial charge in [-0.05, 0) is 12.8 Å². The molecule has 1 aromatic heterocycles. The van der Waals surface area contributed by atoms with Crippen molar-refractivity contribution in [2.45, 2.75) is 25.8 Å². The Balaban J connectivity index is 2.14. The highest BCUT2D eigenvalue weighted by Crippen LogP contribution is 2.28. The van der Waals surface area contributed by atoms with Gasteiger partial charge >= 0.3 is 5.97 Å². The second kappa shape index (κ2) is 3.61. The van der Waals surface area contributed by atoms with E-state index >= 15 is 0 Å². The maximum atomic E-state index is 10.8. The Morgan fingerprint density at radius 3 is 3.07 bits per heavy atom. The van der Waals surface area contributed by atoms with Gasteiger partial charge in [0.25, 0.3) is 0 Å². The second-order valence-corrected chi connectivity index (χ2v) is 3.25. The first-order valence-corrected chi connectivity index (χ1v) is 4.50.